The first-order valence-corrected chi connectivity index (χ1v) is 9.20. The second-order valence-electron chi connectivity index (χ2n) is 6.77. The molecular weight excluding hydrogens is 369 g/mol. The number of nitrogens with zero attached hydrogens (tertiary/aromatic N) is 4. The van der Waals surface area contributed by atoms with E-state index < -0.39 is 0 Å². The number of benzene rings is 1. The van der Waals surface area contributed by atoms with Crippen LogP contribution in [0.25, 0.3) is 5.69 Å². The molecule has 0 radical (unpaired) electrons. The summed E-state index contributed by atoms with van der Waals surface area (Å²) in [5.41, 5.74) is 4.14. The molecule has 0 fully saturated rings. The van der Waals surface area contributed by atoms with Gasteiger partial charge in [-0.3, -0.25) is 9.78 Å². The second kappa shape index (κ2) is 7.71. The molecule has 4 rings (SSSR count). The molecule has 0 spiro atoms. The molecule has 1 N–H and O–H groups in total. The average molecular weight is 389 g/mol. The van der Waals surface area contributed by atoms with Crippen LogP contribution in [0.15, 0.2) is 67.1 Å². The molecule has 0 saturated heterocycles. The number of hydrogen-bond acceptors (Lipinski definition) is 3. The van der Waals surface area contributed by atoms with Gasteiger partial charge in [-0.1, -0.05) is 18.2 Å². The van der Waals surface area contributed by atoms with Crippen LogP contribution in [-0.2, 0) is 6.54 Å². The molecule has 6 nitrogen and oxygen atoms in total. The summed E-state index contributed by atoms with van der Waals surface area (Å²) >= 11 is 0. The number of pyridine rings is 1. The number of anilines is 1. The summed E-state index contributed by atoms with van der Waals surface area (Å²) in [7, 11) is 0. The molecule has 146 valence electrons. The fourth-order valence-electron chi connectivity index (χ4n) is 3.28. The molecular formula is C22H20FN5O. The highest BCUT2D eigenvalue weighted by Gasteiger charge is 2.17. The maximum Gasteiger partial charge on any atom is 0.257 e. The Morgan fingerprint density at radius 2 is 1.93 bits per heavy atom. The number of aromatic nitrogens is 4. The van der Waals surface area contributed by atoms with E-state index in [0.717, 1.165) is 17.1 Å². The van der Waals surface area contributed by atoms with Crippen LogP contribution < -0.4 is 5.32 Å². The number of halogens is 1. The van der Waals surface area contributed by atoms with Gasteiger partial charge in [0.1, 0.15) is 11.5 Å². The largest absolute Gasteiger partial charge is 0.342 e. The van der Waals surface area contributed by atoms with Crippen molar-refractivity contribution in [2.24, 2.45) is 0 Å². The number of aryl methyl sites for hydroxylation is 1. The second-order valence-corrected chi connectivity index (χ2v) is 6.77. The van der Waals surface area contributed by atoms with E-state index in [1.165, 1.54) is 16.9 Å². The van der Waals surface area contributed by atoms with E-state index in [-0.39, 0.29) is 11.7 Å². The van der Waals surface area contributed by atoms with Crippen molar-refractivity contribution in [3.05, 3.63) is 95.6 Å². The van der Waals surface area contributed by atoms with Crippen molar-refractivity contribution in [1.29, 1.82) is 0 Å². The topological polar surface area (TPSA) is 64.7 Å². The summed E-state index contributed by atoms with van der Waals surface area (Å²) in [6.45, 7) is 4.47. The number of carbonyl (C=O) groups excluding carboxylic acids is 1. The molecule has 0 saturated carbocycles. The van der Waals surface area contributed by atoms with Crippen LogP contribution >= 0.6 is 0 Å². The summed E-state index contributed by atoms with van der Waals surface area (Å²) in [5, 5.41) is 6.98. The van der Waals surface area contributed by atoms with Crippen LogP contribution in [0, 0.1) is 19.7 Å². The van der Waals surface area contributed by atoms with Gasteiger partial charge in [0.2, 0.25) is 0 Å². The molecule has 0 bridgehead atoms. The van der Waals surface area contributed by atoms with E-state index in [9.17, 15) is 9.18 Å². The molecule has 7 heteroatoms. The Morgan fingerprint density at radius 1 is 1.14 bits per heavy atom. The molecule has 0 unspecified atom stereocenters. The lowest BCUT2D eigenvalue weighted by Crippen LogP contribution is -2.13. The maximum absolute atomic E-state index is 13.9. The first-order valence-electron chi connectivity index (χ1n) is 9.20. The van der Waals surface area contributed by atoms with E-state index in [0.29, 0.717) is 23.5 Å². The Bertz CT molecular complexity index is 1160. The summed E-state index contributed by atoms with van der Waals surface area (Å²) in [6.07, 6.45) is 4.84. The fourth-order valence-corrected chi connectivity index (χ4v) is 3.28. The van der Waals surface area contributed by atoms with Crippen LogP contribution in [0.3, 0.4) is 0 Å². The number of nitrogens with one attached hydrogen (secondary N) is 1. The van der Waals surface area contributed by atoms with Crippen LogP contribution in [0.5, 0.6) is 0 Å². The molecule has 3 aromatic heterocycles. The van der Waals surface area contributed by atoms with Crippen LogP contribution in [0.4, 0.5) is 10.1 Å². The van der Waals surface area contributed by atoms with Gasteiger partial charge in [-0.15, -0.1) is 0 Å². The van der Waals surface area contributed by atoms with Gasteiger partial charge in [0.15, 0.2) is 0 Å². The van der Waals surface area contributed by atoms with Crippen molar-refractivity contribution in [3.8, 4) is 5.69 Å². The van der Waals surface area contributed by atoms with Crippen molar-refractivity contribution < 1.29 is 9.18 Å². The lowest BCUT2D eigenvalue weighted by molar-refractivity contribution is 0.102. The van der Waals surface area contributed by atoms with Gasteiger partial charge in [0, 0.05) is 17.6 Å². The molecule has 0 atom stereocenters. The monoisotopic (exact) mass is 389 g/mol. The van der Waals surface area contributed by atoms with E-state index >= 15 is 0 Å². The van der Waals surface area contributed by atoms with Crippen LogP contribution in [0.2, 0.25) is 0 Å². The molecule has 3 heterocycles. The Labute approximate surface area is 167 Å². The Hall–Kier alpha value is -3.74. The van der Waals surface area contributed by atoms with Crippen molar-refractivity contribution in [2.75, 3.05) is 5.32 Å². The lowest BCUT2D eigenvalue weighted by atomic mass is 10.2. The minimum atomic E-state index is -0.383. The van der Waals surface area contributed by atoms with E-state index in [1.807, 2.05) is 38.1 Å². The third-order valence-corrected chi connectivity index (χ3v) is 4.80. The minimum absolute atomic E-state index is 0.238. The molecule has 1 amide bonds. The highest BCUT2D eigenvalue weighted by atomic mass is 19.1. The van der Waals surface area contributed by atoms with Gasteiger partial charge >= 0.3 is 0 Å². The third-order valence-electron chi connectivity index (χ3n) is 4.80. The minimum Gasteiger partial charge on any atom is -0.342 e. The number of carbonyl (C=O) groups is 1. The first kappa shape index (κ1) is 18.6. The summed E-state index contributed by atoms with van der Waals surface area (Å²) in [5.74, 6) is -0.620. The Morgan fingerprint density at radius 3 is 2.69 bits per heavy atom. The summed E-state index contributed by atoms with van der Waals surface area (Å²) < 4.78 is 17.4. The highest BCUT2D eigenvalue weighted by molar-refractivity contribution is 6.05. The molecule has 4 aromatic rings. The van der Waals surface area contributed by atoms with Crippen LogP contribution in [-0.4, -0.2) is 25.2 Å². The molecule has 29 heavy (non-hydrogen) atoms. The average Bonchev–Trinajstić information content (AvgIpc) is 3.29. The summed E-state index contributed by atoms with van der Waals surface area (Å²) in [4.78, 5) is 17.2. The van der Waals surface area contributed by atoms with Gasteiger partial charge in [0.25, 0.3) is 5.91 Å². The quantitative estimate of drug-likeness (QED) is 0.558. The number of amides is 1. The SMILES string of the molecule is Cc1cc(C(=O)Nc2cnn(-c3ccccc3F)c2)c(C)n1Cc1ccccn1. The van der Waals surface area contributed by atoms with Gasteiger partial charge < -0.3 is 9.88 Å². The van der Waals surface area contributed by atoms with Gasteiger partial charge in [0.05, 0.1) is 35.9 Å². The van der Waals surface area contributed by atoms with Gasteiger partial charge in [-0.25, -0.2) is 9.07 Å². The smallest absolute Gasteiger partial charge is 0.257 e. The predicted molar refractivity (Wildman–Crippen MR) is 109 cm³/mol. The fraction of sp³-hybridized carbons (Fsp3) is 0.136. The van der Waals surface area contributed by atoms with E-state index in [4.69, 9.17) is 0 Å². The zero-order valence-corrected chi connectivity index (χ0v) is 16.1. The van der Waals surface area contributed by atoms with Crippen molar-refractivity contribution >= 4 is 11.6 Å². The number of para-hydroxylation sites is 1. The zero-order valence-electron chi connectivity index (χ0n) is 16.1. The standard InChI is InChI=1S/C22H20FN5O/c1-15-11-19(16(2)27(15)13-17-7-5-6-10-24-17)22(29)26-18-12-25-28(14-18)21-9-4-3-8-20(21)23/h3-12,14H,13H2,1-2H3,(H,26,29). The van der Waals surface area contributed by atoms with Crippen molar-refractivity contribution in [3.63, 3.8) is 0 Å². The zero-order chi connectivity index (χ0) is 20.4. The molecule has 0 aliphatic carbocycles. The predicted octanol–water partition coefficient (Wildman–Crippen LogP) is 4.13. The van der Waals surface area contributed by atoms with Crippen molar-refractivity contribution in [1.82, 2.24) is 19.3 Å². The Balaban J connectivity index is 1.54. The maximum atomic E-state index is 13.9. The lowest BCUT2D eigenvalue weighted by Gasteiger charge is -2.09. The Kier molecular flexibility index (Phi) is 4.95. The molecule has 0 aliphatic rings. The normalized spacial score (nSPS) is 10.9. The molecule has 0 aliphatic heterocycles. The van der Waals surface area contributed by atoms with Crippen molar-refractivity contribution in [2.45, 2.75) is 20.4 Å². The third kappa shape index (κ3) is 3.80. The first-order chi connectivity index (χ1) is 14.0. The number of hydrogen-bond donors (Lipinski definition) is 1. The van der Waals surface area contributed by atoms with E-state index in [1.54, 1.807) is 30.6 Å². The van der Waals surface area contributed by atoms with Crippen LogP contribution in [0.1, 0.15) is 27.4 Å². The summed E-state index contributed by atoms with van der Waals surface area (Å²) in [6, 6.07) is 14.0. The molecule has 1 aromatic carbocycles. The van der Waals surface area contributed by atoms with E-state index in [2.05, 4.69) is 20.0 Å². The number of rotatable bonds is 5. The van der Waals surface area contributed by atoms with Gasteiger partial charge in [-0.2, -0.15) is 5.10 Å². The van der Waals surface area contributed by atoms with Gasteiger partial charge in [-0.05, 0) is 44.2 Å². The highest BCUT2D eigenvalue weighted by Crippen LogP contribution is 2.19.